The van der Waals surface area contributed by atoms with Gasteiger partial charge in [-0.3, -0.25) is 9.69 Å². The van der Waals surface area contributed by atoms with Crippen LogP contribution in [0.5, 0.6) is 0 Å². The van der Waals surface area contributed by atoms with Crippen LogP contribution in [-0.2, 0) is 26.6 Å². The first-order valence-corrected chi connectivity index (χ1v) is 11.9. The van der Waals surface area contributed by atoms with Crippen LogP contribution in [0, 0.1) is 5.92 Å². The molecule has 0 bridgehead atoms. The Bertz CT molecular complexity index is 998. The summed E-state index contributed by atoms with van der Waals surface area (Å²) < 4.78 is 63.2. The van der Waals surface area contributed by atoms with Crippen LogP contribution in [-0.4, -0.2) is 25.9 Å². The fourth-order valence-electron chi connectivity index (χ4n) is 3.82. The predicted octanol–water partition coefficient (Wildman–Crippen LogP) is 5.01. The van der Waals surface area contributed by atoms with Crippen molar-refractivity contribution < 1.29 is 26.4 Å². The molecular formula is C22H25F3N2O3S. The van der Waals surface area contributed by atoms with Gasteiger partial charge < -0.3 is 0 Å². The highest BCUT2D eigenvalue weighted by Crippen LogP contribution is 2.30. The van der Waals surface area contributed by atoms with Gasteiger partial charge in [-0.05, 0) is 55.7 Å². The molecule has 1 aromatic heterocycles. The van der Waals surface area contributed by atoms with Gasteiger partial charge in [-0.15, -0.1) is 0 Å². The largest absolute Gasteiger partial charge is 0.416 e. The Morgan fingerprint density at radius 3 is 2.23 bits per heavy atom. The molecule has 9 heteroatoms. The highest BCUT2D eigenvalue weighted by Gasteiger charge is 2.31. The lowest BCUT2D eigenvalue weighted by Crippen LogP contribution is -2.37. The number of amides is 1. The first kappa shape index (κ1) is 23.2. The lowest BCUT2D eigenvalue weighted by atomic mass is 9.88. The molecule has 0 N–H and O–H groups in total. The molecule has 1 heterocycles. The third kappa shape index (κ3) is 5.64. The number of hydrogen-bond acceptors (Lipinski definition) is 4. The van der Waals surface area contributed by atoms with Gasteiger partial charge in [0, 0.05) is 18.7 Å². The van der Waals surface area contributed by atoms with Crippen LogP contribution in [0.2, 0.25) is 0 Å². The van der Waals surface area contributed by atoms with Crippen molar-refractivity contribution in [3.05, 3.63) is 53.7 Å². The lowest BCUT2D eigenvalue weighted by molar-refractivity contribution is -0.137. The molecule has 1 aromatic carbocycles. The molecule has 0 saturated heterocycles. The van der Waals surface area contributed by atoms with Crippen LogP contribution < -0.4 is 4.90 Å². The van der Waals surface area contributed by atoms with Crippen molar-refractivity contribution in [2.24, 2.45) is 5.92 Å². The molecule has 0 atom stereocenters. The van der Waals surface area contributed by atoms with Crippen LogP contribution in [0.4, 0.5) is 19.0 Å². The number of halogens is 3. The zero-order chi connectivity index (χ0) is 22.6. The molecular weight excluding hydrogens is 429 g/mol. The second-order valence-electron chi connectivity index (χ2n) is 7.72. The van der Waals surface area contributed by atoms with Gasteiger partial charge in [0.25, 0.3) is 0 Å². The molecule has 2 aromatic rings. The number of alkyl halides is 3. The topological polar surface area (TPSA) is 67.3 Å². The van der Waals surface area contributed by atoms with Crippen molar-refractivity contribution in [2.75, 3.05) is 11.4 Å². The average Bonchev–Trinajstić information content (AvgIpc) is 2.75. The molecule has 0 aliphatic heterocycles. The van der Waals surface area contributed by atoms with E-state index < -0.39 is 27.3 Å². The third-order valence-corrected chi connectivity index (χ3v) is 7.22. The van der Waals surface area contributed by atoms with Gasteiger partial charge in [0.05, 0.1) is 16.2 Å². The SMILES string of the molecule is CCN(C(=O)C1CCCCC1)c1ccc(CS(=O)(=O)c2ccc(C(F)(F)F)cc2)cn1. The molecule has 5 nitrogen and oxygen atoms in total. The minimum atomic E-state index is -4.53. The van der Waals surface area contributed by atoms with Gasteiger partial charge in [0.1, 0.15) is 5.82 Å². The average molecular weight is 455 g/mol. The number of pyridine rings is 1. The summed E-state index contributed by atoms with van der Waals surface area (Å²) in [5, 5.41) is 0. The highest BCUT2D eigenvalue weighted by atomic mass is 32.2. The van der Waals surface area contributed by atoms with Crippen LogP contribution in [0.15, 0.2) is 47.5 Å². The van der Waals surface area contributed by atoms with E-state index >= 15 is 0 Å². The van der Waals surface area contributed by atoms with Crippen molar-refractivity contribution in [3.8, 4) is 0 Å². The first-order valence-electron chi connectivity index (χ1n) is 10.3. The molecule has 1 aliphatic carbocycles. The molecule has 31 heavy (non-hydrogen) atoms. The lowest BCUT2D eigenvalue weighted by Gasteiger charge is -2.27. The van der Waals surface area contributed by atoms with E-state index in [9.17, 15) is 26.4 Å². The summed E-state index contributed by atoms with van der Waals surface area (Å²) in [6.07, 6.45) is 1.86. The van der Waals surface area contributed by atoms with E-state index in [-0.39, 0.29) is 16.7 Å². The number of carbonyl (C=O) groups excluding carboxylic acids is 1. The normalized spacial score (nSPS) is 15.6. The zero-order valence-corrected chi connectivity index (χ0v) is 18.0. The van der Waals surface area contributed by atoms with Crippen molar-refractivity contribution >= 4 is 21.6 Å². The van der Waals surface area contributed by atoms with Crippen molar-refractivity contribution in [1.29, 1.82) is 0 Å². The Morgan fingerprint density at radius 1 is 1.06 bits per heavy atom. The summed E-state index contributed by atoms with van der Waals surface area (Å²) in [6, 6.07) is 6.63. The van der Waals surface area contributed by atoms with Crippen molar-refractivity contribution in [1.82, 2.24) is 4.98 Å². The van der Waals surface area contributed by atoms with E-state index in [0.717, 1.165) is 56.4 Å². The number of nitrogens with zero attached hydrogens (tertiary/aromatic N) is 2. The second kappa shape index (κ2) is 9.38. The fraction of sp³-hybridized carbons (Fsp3) is 0.455. The number of hydrogen-bond donors (Lipinski definition) is 0. The summed E-state index contributed by atoms with van der Waals surface area (Å²) in [7, 11) is -3.84. The molecule has 3 rings (SSSR count). The Balaban J connectivity index is 1.72. The van der Waals surface area contributed by atoms with Gasteiger partial charge in [-0.2, -0.15) is 13.2 Å². The molecule has 168 valence electrons. The number of sulfone groups is 1. The Labute approximate surface area is 180 Å². The zero-order valence-electron chi connectivity index (χ0n) is 17.2. The minimum Gasteiger partial charge on any atom is -0.297 e. The number of rotatable bonds is 6. The van der Waals surface area contributed by atoms with Crippen LogP contribution >= 0.6 is 0 Å². The summed E-state index contributed by atoms with van der Waals surface area (Å²) >= 11 is 0. The Hall–Kier alpha value is -2.42. The minimum absolute atomic E-state index is 0.00442. The number of aromatic nitrogens is 1. The summed E-state index contributed by atoms with van der Waals surface area (Å²) in [4.78, 5) is 18.5. The maximum atomic E-state index is 12.8. The number of carbonyl (C=O) groups is 1. The van der Waals surface area contributed by atoms with Crippen LogP contribution in [0.25, 0.3) is 0 Å². The van der Waals surface area contributed by atoms with E-state index in [1.807, 2.05) is 6.92 Å². The van der Waals surface area contributed by atoms with Crippen LogP contribution in [0.3, 0.4) is 0 Å². The van der Waals surface area contributed by atoms with E-state index in [2.05, 4.69) is 4.98 Å². The third-order valence-electron chi connectivity index (χ3n) is 5.52. The summed E-state index contributed by atoms with van der Waals surface area (Å²) in [6.45, 7) is 2.33. The predicted molar refractivity (Wildman–Crippen MR) is 111 cm³/mol. The Morgan fingerprint density at radius 2 is 1.71 bits per heavy atom. The number of benzene rings is 1. The van der Waals surface area contributed by atoms with E-state index in [4.69, 9.17) is 0 Å². The molecule has 1 fully saturated rings. The van der Waals surface area contributed by atoms with Gasteiger partial charge in [-0.25, -0.2) is 13.4 Å². The van der Waals surface area contributed by atoms with Gasteiger partial charge in [0.15, 0.2) is 9.84 Å². The second-order valence-corrected chi connectivity index (χ2v) is 9.71. The van der Waals surface area contributed by atoms with Gasteiger partial charge in [-0.1, -0.05) is 25.3 Å². The smallest absolute Gasteiger partial charge is 0.297 e. The van der Waals surface area contributed by atoms with Gasteiger partial charge >= 0.3 is 6.18 Å². The summed E-state index contributed by atoms with van der Waals surface area (Å²) in [5.41, 5.74) is -0.510. The summed E-state index contributed by atoms with van der Waals surface area (Å²) in [5.74, 6) is 0.109. The molecule has 1 saturated carbocycles. The fourth-order valence-corrected chi connectivity index (χ4v) is 5.14. The van der Waals surface area contributed by atoms with E-state index in [1.54, 1.807) is 17.0 Å². The maximum absolute atomic E-state index is 12.8. The van der Waals surface area contributed by atoms with Crippen LogP contribution in [0.1, 0.15) is 50.2 Å². The van der Waals surface area contributed by atoms with Gasteiger partial charge in [0.2, 0.25) is 5.91 Å². The molecule has 0 radical (unpaired) electrons. The van der Waals surface area contributed by atoms with E-state index in [1.165, 1.54) is 6.20 Å². The molecule has 1 amide bonds. The molecule has 0 spiro atoms. The number of anilines is 1. The molecule has 1 aliphatic rings. The Kier molecular flexibility index (Phi) is 7.03. The maximum Gasteiger partial charge on any atom is 0.416 e. The standard InChI is InChI=1S/C22H25F3N2O3S/c1-2-27(21(28)17-6-4-3-5-7-17)20-13-8-16(14-26-20)15-31(29,30)19-11-9-18(10-12-19)22(23,24)25/h8-14,17H,2-7,15H2,1H3. The van der Waals surface area contributed by atoms with Crippen molar-refractivity contribution in [3.63, 3.8) is 0 Å². The highest BCUT2D eigenvalue weighted by molar-refractivity contribution is 7.90. The van der Waals surface area contributed by atoms with E-state index in [0.29, 0.717) is 17.9 Å². The first-order chi connectivity index (χ1) is 14.6. The monoisotopic (exact) mass is 454 g/mol. The molecule has 0 unspecified atom stereocenters. The van der Waals surface area contributed by atoms with Crippen molar-refractivity contribution in [2.45, 2.75) is 55.9 Å². The quantitative estimate of drug-likeness (QED) is 0.616.